The Bertz CT molecular complexity index is 1080. The molecule has 3 rings (SSSR count). The number of nitrogens with one attached hydrogen (secondary N) is 1. The Morgan fingerprint density at radius 3 is 2.50 bits per heavy atom. The third-order valence-corrected chi connectivity index (χ3v) is 5.33. The molecule has 9 nitrogen and oxygen atoms in total. The first-order valence-corrected chi connectivity index (χ1v) is 9.64. The maximum absolute atomic E-state index is 12.9. The van der Waals surface area contributed by atoms with Gasteiger partial charge in [0.05, 0.1) is 17.0 Å². The zero-order valence-corrected chi connectivity index (χ0v) is 17.3. The Balaban J connectivity index is 1.63. The Labute approximate surface area is 181 Å². The largest absolute Gasteiger partial charge is 0.444 e. The second kappa shape index (κ2) is 8.88. The molecule has 1 N–H and O–H groups in total. The summed E-state index contributed by atoms with van der Waals surface area (Å²) in [6.07, 6.45) is -4.67. The van der Waals surface area contributed by atoms with Gasteiger partial charge in [0.1, 0.15) is 23.1 Å². The van der Waals surface area contributed by atoms with Crippen LogP contribution in [0.5, 0.6) is 0 Å². The van der Waals surface area contributed by atoms with Crippen molar-refractivity contribution in [3.05, 3.63) is 50.8 Å². The zero-order chi connectivity index (χ0) is 23.6. The van der Waals surface area contributed by atoms with E-state index in [0.29, 0.717) is 43.6 Å². The average molecular weight is 451 g/mol. The third-order valence-electron chi connectivity index (χ3n) is 5.33. The van der Waals surface area contributed by atoms with Crippen molar-refractivity contribution in [2.24, 2.45) is 0 Å². The molecule has 32 heavy (non-hydrogen) atoms. The number of benzene rings is 1. The Morgan fingerprint density at radius 1 is 1.28 bits per heavy atom. The molecule has 1 amide bonds. The molecule has 0 radical (unpaired) electrons. The molecule has 1 fully saturated rings. The number of hydrogen-bond donors (Lipinski definition) is 1. The van der Waals surface area contributed by atoms with Crippen LogP contribution in [-0.4, -0.2) is 48.5 Å². The van der Waals surface area contributed by atoms with Gasteiger partial charge < -0.3 is 9.32 Å². The van der Waals surface area contributed by atoms with Crippen LogP contribution in [-0.2, 0) is 11.0 Å². The highest BCUT2D eigenvalue weighted by Crippen LogP contribution is 2.36. The number of nitrogens with zero attached hydrogens (tertiary/aromatic N) is 4. The van der Waals surface area contributed by atoms with Gasteiger partial charge in [-0.1, -0.05) is 0 Å². The smallest absolute Gasteiger partial charge is 0.416 e. The van der Waals surface area contributed by atoms with Gasteiger partial charge in [-0.3, -0.25) is 25.1 Å². The molecule has 1 saturated heterocycles. The quantitative estimate of drug-likeness (QED) is 0.547. The van der Waals surface area contributed by atoms with Crippen LogP contribution in [0.15, 0.2) is 22.6 Å². The maximum Gasteiger partial charge on any atom is 0.416 e. The van der Waals surface area contributed by atoms with Crippen LogP contribution >= 0.6 is 0 Å². The van der Waals surface area contributed by atoms with Gasteiger partial charge in [-0.15, -0.1) is 0 Å². The number of amides is 1. The van der Waals surface area contributed by atoms with Gasteiger partial charge in [0.2, 0.25) is 11.8 Å². The molecule has 0 bridgehead atoms. The monoisotopic (exact) mass is 451 g/mol. The second-order valence-corrected chi connectivity index (χ2v) is 7.37. The van der Waals surface area contributed by atoms with E-state index < -0.39 is 22.4 Å². The first kappa shape index (κ1) is 23.1. The number of carbonyl (C=O) groups excluding carboxylic acids is 1. The minimum absolute atomic E-state index is 0.00656. The number of hydrogen-bond acceptors (Lipinski definition) is 7. The fraction of sp³-hybridized carbons (Fsp3) is 0.400. The van der Waals surface area contributed by atoms with Crippen molar-refractivity contribution in [1.82, 2.24) is 4.90 Å². The van der Waals surface area contributed by atoms with Crippen molar-refractivity contribution in [3.8, 4) is 6.07 Å². The number of nitro benzene ring substituents is 1. The summed E-state index contributed by atoms with van der Waals surface area (Å²) in [5.74, 6) is 0.235. The van der Waals surface area contributed by atoms with Gasteiger partial charge in [-0.25, -0.2) is 0 Å². The fourth-order valence-electron chi connectivity index (χ4n) is 3.48. The van der Waals surface area contributed by atoms with Crippen LogP contribution in [0.1, 0.15) is 22.5 Å². The van der Waals surface area contributed by atoms with E-state index in [-0.39, 0.29) is 29.6 Å². The summed E-state index contributed by atoms with van der Waals surface area (Å²) in [6, 6.07) is 4.46. The first-order valence-electron chi connectivity index (χ1n) is 9.64. The minimum Gasteiger partial charge on any atom is -0.444 e. The van der Waals surface area contributed by atoms with Crippen molar-refractivity contribution in [1.29, 1.82) is 5.26 Å². The highest BCUT2D eigenvalue weighted by atomic mass is 19.4. The van der Waals surface area contributed by atoms with Crippen molar-refractivity contribution in [2.45, 2.75) is 20.0 Å². The highest BCUT2D eigenvalue weighted by Gasteiger charge is 2.34. The fourth-order valence-corrected chi connectivity index (χ4v) is 3.48. The van der Waals surface area contributed by atoms with E-state index in [1.54, 1.807) is 23.6 Å². The molecular formula is C20H20F3N5O4. The highest BCUT2D eigenvalue weighted by molar-refractivity contribution is 5.92. The molecule has 1 aromatic heterocycles. The van der Waals surface area contributed by atoms with Crippen LogP contribution in [0, 0.1) is 35.3 Å². The van der Waals surface area contributed by atoms with Crippen molar-refractivity contribution in [3.63, 3.8) is 0 Å². The summed E-state index contributed by atoms with van der Waals surface area (Å²) in [7, 11) is 0. The van der Waals surface area contributed by atoms with Gasteiger partial charge in [0.25, 0.3) is 5.69 Å². The number of rotatable bonds is 5. The first-order chi connectivity index (χ1) is 15.0. The molecule has 0 saturated carbocycles. The van der Waals surface area contributed by atoms with Gasteiger partial charge in [0.15, 0.2) is 0 Å². The molecule has 1 aromatic carbocycles. The number of halogens is 3. The van der Waals surface area contributed by atoms with E-state index in [0.717, 1.165) is 12.1 Å². The average Bonchev–Trinajstić information content (AvgIpc) is 2.99. The van der Waals surface area contributed by atoms with Gasteiger partial charge in [-0.05, 0) is 26.0 Å². The SMILES string of the molecule is Cc1oc(NC(=O)CN2CCN(c3ccc(C(F)(F)F)cc3[N+](=O)[O-])CC2)c(C#N)c1C. The standard InChI is InChI=1S/C20H20F3N5O4/c1-12-13(2)32-19(15(12)10-24)25-18(29)11-26-5-7-27(8-6-26)16-4-3-14(20(21,22)23)9-17(16)28(30)31/h3-4,9H,5-8,11H2,1-2H3,(H,25,29). The number of aryl methyl sites for hydroxylation is 1. The normalized spacial score (nSPS) is 14.8. The second-order valence-electron chi connectivity index (χ2n) is 7.37. The van der Waals surface area contributed by atoms with E-state index >= 15 is 0 Å². The predicted molar refractivity (Wildman–Crippen MR) is 108 cm³/mol. The molecule has 0 aliphatic carbocycles. The van der Waals surface area contributed by atoms with Crippen LogP contribution in [0.4, 0.5) is 30.4 Å². The van der Waals surface area contributed by atoms with Crippen LogP contribution in [0.3, 0.4) is 0 Å². The zero-order valence-electron chi connectivity index (χ0n) is 17.3. The van der Waals surface area contributed by atoms with E-state index in [1.165, 1.54) is 0 Å². The Hall–Kier alpha value is -3.59. The molecule has 2 aromatic rings. The third kappa shape index (κ3) is 4.83. The van der Waals surface area contributed by atoms with E-state index in [1.807, 2.05) is 6.07 Å². The lowest BCUT2D eigenvalue weighted by Gasteiger charge is -2.35. The predicted octanol–water partition coefficient (Wildman–Crippen LogP) is 3.46. The summed E-state index contributed by atoms with van der Waals surface area (Å²) in [6.45, 7) is 4.73. The lowest BCUT2D eigenvalue weighted by molar-refractivity contribution is -0.384. The lowest BCUT2D eigenvalue weighted by Crippen LogP contribution is -2.48. The summed E-state index contributed by atoms with van der Waals surface area (Å²) >= 11 is 0. The van der Waals surface area contributed by atoms with Crippen molar-refractivity contribution >= 4 is 23.2 Å². The van der Waals surface area contributed by atoms with E-state index in [9.17, 15) is 33.3 Å². The van der Waals surface area contributed by atoms with Gasteiger partial charge >= 0.3 is 6.18 Å². The molecule has 1 aliphatic rings. The van der Waals surface area contributed by atoms with Crippen LogP contribution < -0.4 is 10.2 Å². The maximum atomic E-state index is 12.9. The molecule has 1 aliphatic heterocycles. The molecular weight excluding hydrogens is 431 g/mol. The molecule has 170 valence electrons. The summed E-state index contributed by atoms with van der Waals surface area (Å²) in [5.41, 5.74) is -0.681. The molecule has 0 spiro atoms. The number of nitro groups is 1. The van der Waals surface area contributed by atoms with Gasteiger partial charge in [0, 0.05) is 37.8 Å². The number of anilines is 2. The molecule has 0 unspecified atom stereocenters. The van der Waals surface area contributed by atoms with Crippen molar-refractivity contribution < 1.29 is 27.3 Å². The summed E-state index contributed by atoms with van der Waals surface area (Å²) < 4.78 is 44.1. The number of furan rings is 1. The van der Waals surface area contributed by atoms with E-state index in [2.05, 4.69) is 5.32 Å². The van der Waals surface area contributed by atoms with Crippen LogP contribution in [0.2, 0.25) is 0 Å². The summed E-state index contributed by atoms with van der Waals surface area (Å²) in [5, 5.41) is 23.1. The molecule has 2 heterocycles. The number of piperazine rings is 1. The van der Waals surface area contributed by atoms with Crippen molar-refractivity contribution in [2.75, 3.05) is 42.9 Å². The molecule has 12 heteroatoms. The van der Waals surface area contributed by atoms with E-state index in [4.69, 9.17) is 4.42 Å². The lowest BCUT2D eigenvalue weighted by atomic mass is 10.1. The Morgan fingerprint density at radius 2 is 1.94 bits per heavy atom. The topological polar surface area (TPSA) is 116 Å². The number of alkyl halides is 3. The Kier molecular flexibility index (Phi) is 6.40. The number of nitriles is 1. The summed E-state index contributed by atoms with van der Waals surface area (Å²) in [4.78, 5) is 26.3. The number of carbonyl (C=O) groups is 1. The van der Waals surface area contributed by atoms with Crippen LogP contribution in [0.25, 0.3) is 0 Å². The molecule has 0 atom stereocenters. The van der Waals surface area contributed by atoms with Gasteiger partial charge in [-0.2, -0.15) is 18.4 Å². The minimum atomic E-state index is -4.67.